The molecule has 1 amide bonds. The Morgan fingerprint density at radius 3 is 2.53 bits per heavy atom. The Labute approximate surface area is 172 Å². The third kappa shape index (κ3) is 5.98. The van der Waals surface area contributed by atoms with Crippen LogP contribution in [0.4, 0.5) is 13.2 Å². The van der Waals surface area contributed by atoms with Crippen LogP contribution in [0, 0.1) is 5.92 Å². The standard InChI is InChI=1S/C18H26N2O3.C2HF3O2/c21-18(19-15-3-1-2-4-15)14-9-17-16(6-8-23-17)20(11-14)10-13-5-7-22-12-13;3-2(4,5)1(6)7/h5,7,12,14-17H,1-4,6,8-11H2,(H,19,21);(H,6,7)/t14-,16-,17-;/m1./s1. The van der Waals surface area contributed by atoms with E-state index in [0.717, 1.165) is 45.4 Å². The number of aliphatic carboxylic acids is 1. The number of amides is 1. The van der Waals surface area contributed by atoms with Gasteiger partial charge in [0.05, 0.1) is 24.5 Å². The Bertz CT molecular complexity index is 704. The van der Waals surface area contributed by atoms with Crippen LogP contribution in [0.5, 0.6) is 0 Å². The SMILES string of the molecule is O=C(NC1CCCC1)[C@@H]1C[C@H]2OCC[C@H]2N(Cc2ccoc2)C1.O=C(O)C(F)(F)F. The Kier molecular flexibility index (Phi) is 7.41. The quantitative estimate of drug-likeness (QED) is 0.760. The Hall–Kier alpha value is -2.07. The molecule has 3 atom stereocenters. The number of furan rings is 1. The van der Waals surface area contributed by atoms with Crippen molar-refractivity contribution in [1.82, 2.24) is 10.2 Å². The van der Waals surface area contributed by atoms with Crippen molar-refractivity contribution in [2.45, 2.75) is 69.4 Å². The van der Waals surface area contributed by atoms with Crippen LogP contribution in [-0.4, -0.2) is 59.4 Å². The number of carboxylic acid groups (broad SMARTS) is 1. The van der Waals surface area contributed by atoms with Gasteiger partial charge in [-0.05, 0) is 31.7 Å². The van der Waals surface area contributed by atoms with Crippen LogP contribution in [0.15, 0.2) is 23.0 Å². The summed E-state index contributed by atoms with van der Waals surface area (Å²) < 4.78 is 42.8. The monoisotopic (exact) mass is 432 g/mol. The maximum atomic E-state index is 12.7. The average Bonchev–Trinajstić information content (AvgIpc) is 3.44. The number of carboxylic acids is 1. The number of piperidine rings is 1. The van der Waals surface area contributed by atoms with Gasteiger partial charge in [-0.3, -0.25) is 9.69 Å². The Balaban J connectivity index is 0.000000318. The number of hydrogen-bond donors (Lipinski definition) is 2. The zero-order valence-electron chi connectivity index (χ0n) is 16.6. The number of halogens is 3. The molecule has 0 spiro atoms. The highest BCUT2D eigenvalue weighted by molar-refractivity contribution is 5.79. The van der Waals surface area contributed by atoms with E-state index >= 15 is 0 Å². The van der Waals surface area contributed by atoms with Gasteiger partial charge in [0.1, 0.15) is 0 Å². The van der Waals surface area contributed by atoms with Crippen LogP contribution < -0.4 is 5.32 Å². The largest absolute Gasteiger partial charge is 0.490 e. The predicted molar refractivity (Wildman–Crippen MR) is 99.5 cm³/mol. The summed E-state index contributed by atoms with van der Waals surface area (Å²) in [7, 11) is 0. The molecule has 7 nitrogen and oxygen atoms in total. The molecule has 3 heterocycles. The molecule has 10 heteroatoms. The van der Waals surface area contributed by atoms with Gasteiger partial charge in [-0.15, -0.1) is 0 Å². The average molecular weight is 432 g/mol. The van der Waals surface area contributed by atoms with Gasteiger partial charge in [0, 0.05) is 37.3 Å². The van der Waals surface area contributed by atoms with E-state index in [1.807, 2.05) is 6.07 Å². The number of ether oxygens (including phenoxy) is 1. The summed E-state index contributed by atoms with van der Waals surface area (Å²) in [6.07, 6.45) is 5.34. The van der Waals surface area contributed by atoms with Crippen molar-refractivity contribution in [2.75, 3.05) is 13.2 Å². The minimum atomic E-state index is -5.08. The lowest BCUT2D eigenvalue weighted by molar-refractivity contribution is -0.192. The zero-order valence-corrected chi connectivity index (χ0v) is 16.6. The molecular weight excluding hydrogens is 405 g/mol. The number of carbonyl (C=O) groups excluding carboxylic acids is 1. The van der Waals surface area contributed by atoms with E-state index in [2.05, 4.69) is 10.2 Å². The second-order valence-corrected chi connectivity index (χ2v) is 8.05. The number of rotatable bonds is 4. The van der Waals surface area contributed by atoms with E-state index in [1.165, 1.54) is 18.4 Å². The summed E-state index contributed by atoms with van der Waals surface area (Å²) in [5, 5.41) is 10.4. The summed E-state index contributed by atoms with van der Waals surface area (Å²) in [5.74, 6) is -2.49. The smallest absolute Gasteiger partial charge is 0.475 e. The first-order valence-corrected chi connectivity index (χ1v) is 10.2. The molecule has 1 aliphatic carbocycles. The number of nitrogens with one attached hydrogen (secondary N) is 1. The molecule has 2 N–H and O–H groups in total. The second kappa shape index (κ2) is 9.82. The number of alkyl halides is 3. The third-order valence-electron chi connectivity index (χ3n) is 5.90. The highest BCUT2D eigenvalue weighted by atomic mass is 19.4. The van der Waals surface area contributed by atoms with Gasteiger partial charge in [0.15, 0.2) is 0 Å². The van der Waals surface area contributed by atoms with Crippen molar-refractivity contribution < 1.29 is 37.0 Å². The van der Waals surface area contributed by atoms with E-state index in [-0.39, 0.29) is 17.9 Å². The second-order valence-electron chi connectivity index (χ2n) is 8.05. The molecule has 1 aromatic rings. The van der Waals surface area contributed by atoms with Gasteiger partial charge in [0.2, 0.25) is 5.91 Å². The van der Waals surface area contributed by atoms with Crippen LogP contribution in [0.25, 0.3) is 0 Å². The number of hydrogen-bond acceptors (Lipinski definition) is 5. The van der Waals surface area contributed by atoms with Crippen molar-refractivity contribution in [3.05, 3.63) is 24.2 Å². The van der Waals surface area contributed by atoms with E-state index in [0.29, 0.717) is 12.1 Å². The van der Waals surface area contributed by atoms with Crippen LogP contribution in [-0.2, 0) is 20.9 Å². The van der Waals surface area contributed by atoms with Crippen molar-refractivity contribution in [3.63, 3.8) is 0 Å². The lowest BCUT2D eigenvalue weighted by Gasteiger charge is -2.40. The molecule has 3 aliphatic rings. The first kappa shape index (κ1) is 22.6. The fourth-order valence-electron chi connectivity index (χ4n) is 4.43. The number of carbonyl (C=O) groups is 2. The molecule has 2 saturated heterocycles. The van der Waals surface area contributed by atoms with Crippen molar-refractivity contribution in [1.29, 1.82) is 0 Å². The highest BCUT2D eigenvalue weighted by Crippen LogP contribution is 2.33. The van der Waals surface area contributed by atoms with Gasteiger partial charge in [-0.1, -0.05) is 12.8 Å². The van der Waals surface area contributed by atoms with E-state index < -0.39 is 12.1 Å². The third-order valence-corrected chi connectivity index (χ3v) is 5.90. The molecule has 30 heavy (non-hydrogen) atoms. The first-order valence-electron chi connectivity index (χ1n) is 10.2. The molecule has 168 valence electrons. The minimum absolute atomic E-state index is 0.0434. The summed E-state index contributed by atoms with van der Waals surface area (Å²) in [6, 6.07) is 2.85. The predicted octanol–water partition coefficient (Wildman–Crippen LogP) is 2.95. The highest BCUT2D eigenvalue weighted by Gasteiger charge is 2.42. The van der Waals surface area contributed by atoms with Crippen molar-refractivity contribution in [3.8, 4) is 0 Å². The molecule has 0 radical (unpaired) electrons. The molecule has 1 saturated carbocycles. The van der Waals surface area contributed by atoms with Gasteiger partial charge in [-0.2, -0.15) is 13.2 Å². The summed E-state index contributed by atoms with van der Waals surface area (Å²) in [5.41, 5.74) is 1.17. The van der Waals surface area contributed by atoms with Gasteiger partial charge in [-0.25, -0.2) is 4.79 Å². The molecule has 1 aromatic heterocycles. The summed E-state index contributed by atoms with van der Waals surface area (Å²) >= 11 is 0. The number of likely N-dealkylation sites (tertiary alicyclic amines) is 1. The molecule has 0 aromatic carbocycles. The lowest BCUT2D eigenvalue weighted by Crippen LogP contribution is -2.53. The molecule has 4 rings (SSSR count). The maximum Gasteiger partial charge on any atom is 0.490 e. The lowest BCUT2D eigenvalue weighted by atomic mass is 9.89. The molecule has 0 unspecified atom stereocenters. The molecule has 3 fully saturated rings. The van der Waals surface area contributed by atoms with E-state index in [1.54, 1.807) is 12.5 Å². The maximum absolute atomic E-state index is 12.7. The fourth-order valence-corrected chi connectivity index (χ4v) is 4.43. The minimum Gasteiger partial charge on any atom is -0.475 e. The number of nitrogens with zero attached hydrogens (tertiary/aromatic N) is 1. The van der Waals surface area contributed by atoms with Gasteiger partial charge in [0.25, 0.3) is 0 Å². The zero-order chi connectivity index (χ0) is 21.7. The fraction of sp³-hybridized carbons (Fsp3) is 0.700. The van der Waals surface area contributed by atoms with Crippen molar-refractivity contribution >= 4 is 11.9 Å². The van der Waals surface area contributed by atoms with E-state index in [4.69, 9.17) is 19.1 Å². The topological polar surface area (TPSA) is 92.0 Å². The van der Waals surface area contributed by atoms with Gasteiger partial charge < -0.3 is 19.6 Å². The molecule has 2 aliphatic heterocycles. The van der Waals surface area contributed by atoms with Crippen molar-refractivity contribution in [2.24, 2.45) is 5.92 Å². The molecular formula is C20H27F3N2O5. The number of fused-ring (bicyclic) bond motifs is 1. The van der Waals surface area contributed by atoms with Crippen LogP contribution in [0.2, 0.25) is 0 Å². The first-order chi connectivity index (χ1) is 14.2. The van der Waals surface area contributed by atoms with Crippen LogP contribution in [0.3, 0.4) is 0 Å². The Morgan fingerprint density at radius 2 is 1.93 bits per heavy atom. The van der Waals surface area contributed by atoms with E-state index in [9.17, 15) is 18.0 Å². The van der Waals surface area contributed by atoms with Crippen LogP contribution >= 0.6 is 0 Å². The van der Waals surface area contributed by atoms with Crippen LogP contribution in [0.1, 0.15) is 44.1 Å². The Morgan fingerprint density at radius 1 is 1.23 bits per heavy atom. The van der Waals surface area contributed by atoms with Gasteiger partial charge >= 0.3 is 12.1 Å². The normalized spacial score (nSPS) is 27.2. The summed E-state index contributed by atoms with van der Waals surface area (Å²) in [4.78, 5) is 24.0. The molecule has 0 bridgehead atoms. The summed E-state index contributed by atoms with van der Waals surface area (Å²) in [6.45, 7) is 2.48.